The molecule has 0 spiro atoms. The topological polar surface area (TPSA) is 18.5 Å². The molecule has 1 aromatic rings. The van der Waals surface area contributed by atoms with Gasteiger partial charge < -0.3 is 9.47 Å². The molecule has 0 saturated carbocycles. The molecule has 2 atom stereocenters. The molecule has 1 unspecified atom stereocenters. The van der Waals surface area contributed by atoms with Gasteiger partial charge in [-0.05, 0) is 48.3 Å². The first-order valence-corrected chi connectivity index (χ1v) is 9.07. The average molecular weight is 346 g/mol. The second-order valence-corrected chi connectivity index (χ2v) is 6.30. The molecule has 138 valence electrons. The van der Waals surface area contributed by atoms with Crippen molar-refractivity contribution in [2.24, 2.45) is 5.92 Å². The first-order valence-electron chi connectivity index (χ1n) is 9.07. The van der Waals surface area contributed by atoms with Crippen molar-refractivity contribution in [1.29, 1.82) is 0 Å². The van der Waals surface area contributed by atoms with Gasteiger partial charge in [0.1, 0.15) is 17.3 Å². The van der Waals surface area contributed by atoms with E-state index >= 15 is 0 Å². The summed E-state index contributed by atoms with van der Waals surface area (Å²) in [7, 11) is 0. The third-order valence-corrected chi connectivity index (χ3v) is 4.00. The number of allylic oxidation sites excluding steroid dienone is 4. The van der Waals surface area contributed by atoms with E-state index < -0.39 is 0 Å². The van der Waals surface area contributed by atoms with Crippen molar-refractivity contribution in [1.82, 2.24) is 0 Å². The molecule has 0 N–H and O–H groups in total. The summed E-state index contributed by atoms with van der Waals surface area (Å²) in [5.74, 6) is 1.48. The van der Waals surface area contributed by atoms with E-state index in [2.05, 4.69) is 33.4 Å². The summed E-state index contributed by atoms with van der Waals surface area (Å²) in [5.41, 5.74) is 0.604. The number of hydrogen-bond donors (Lipinski definition) is 0. The number of benzene rings is 1. The van der Waals surface area contributed by atoms with Gasteiger partial charge in [0.25, 0.3) is 0 Å². The first kappa shape index (κ1) is 21.2. The fourth-order valence-electron chi connectivity index (χ4n) is 2.21. The molecule has 0 radical (unpaired) electrons. The van der Waals surface area contributed by atoms with Crippen LogP contribution in [-0.2, 0) is 4.74 Å². The third kappa shape index (κ3) is 7.70. The zero-order chi connectivity index (χ0) is 18.7. The maximum Gasteiger partial charge on any atom is 0.127 e. The van der Waals surface area contributed by atoms with Crippen molar-refractivity contribution >= 4 is 0 Å². The molecule has 0 fully saturated rings. The summed E-state index contributed by atoms with van der Waals surface area (Å²) in [4.78, 5) is 0. The van der Waals surface area contributed by atoms with Crippen molar-refractivity contribution in [3.05, 3.63) is 66.2 Å². The molecule has 1 aromatic carbocycles. The van der Waals surface area contributed by atoms with Gasteiger partial charge in [-0.15, -0.1) is 0 Å². The van der Waals surface area contributed by atoms with Crippen LogP contribution in [0.4, 0.5) is 4.39 Å². The molecule has 0 amide bonds. The van der Waals surface area contributed by atoms with Crippen molar-refractivity contribution in [3.63, 3.8) is 0 Å². The summed E-state index contributed by atoms with van der Waals surface area (Å²) in [6.45, 7) is 13.3. The molecular formula is C22H31FO2. The molecule has 3 heteroatoms. The third-order valence-electron chi connectivity index (χ3n) is 4.00. The van der Waals surface area contributed by atoms with Crippen LogP contribution in [0.5, 0.6) is 5.75 Å². The number of hydrogen-bond acceptors (Lipinski definition) is 2. The van der Waals surface area contributed by atoms with Crippen LogP contribution in [0.3, 0.4) is 0 Å². The Balaban J connectivity index is 2.84. The largest absolute Gasteiger partial charge is 0.457 e. The van der Waals surface area contributed by atoms with Gasteiger partial charge in [0.2, 0.25) is 0 Å². The fourth-order valence-corrected chi connectivity index (χ4v) is 2.21. The van der Waals surface area contributed by atoms with Crippen LogP contribution < -0.4 is 4.74 Å². The molecule has 0 saturated heterocycles. The molecule has 0 heterocycles. The first-order chi connectivity index (χ1) is 12.0. The average Bonchev–Trinajstić information content (AvgIpc) is 2.62. The highest BCUT2D eigenvalue weighted by Crippen LogP contribution is 2.25. The maximum absolute atomic E-state index is 14.1. The normalized spacial score (nSPS) is 14.5. The van der Waals surface area contributed by atoms with Gasteiger partial charge >= 0.3 is 0 Å². The Bertz CT molecular complexity index is 590. The molecule has 25 heavy (non-hydrogen) atoms. The van der Waals surface area contributed by atoms with E-state index in [1.807, 2.05) is 19.1 Å². The highest BCUT2D eigenvalue weighted by Gasteiger charge is 2.13. The zero-order valence-corrected chi connectivity index (χ0v) is 15.9. The van der Waals surface area contributed by atoms with Crippen LogP contribution >= 0.6 is 0 Å². The smallest absolute Gasteiger partial charge is 0.127 e. The van der Waals surface area contributed by atoms with Crippen molar-refractivity contribution in [2.45, 2.75) is 46.5 Å². The Morgan fingerprint density at radius 3 is 2.68 bits per heavy atom. The van der Waals surface area contributed by atoms with Crippen LogP contribution in [-0.4, -0.2) is 13.2 Å². The fraction of sp³-hybridized carbons (Fsp3) is 0.455. The van der Waals surface area contributed by atoms with Gasteiger partial charge in [0, 0.05) is 12.5 Å². The van der Waals surface area contributed by atoms with Gasteiger partial charge in [-0.25, -0.2) is 4.39 Å². The van der Waals surface area contributed by atoms with E-state index in [0.29, 0.717) is 36.2 Å². The van der Waals surface area contributed by atoms with E-state index in [9.17, 15) is 4.39 Å². The van der Waals surface area contributed by atoms with Gasteiger partial charge in [-0.3, -0.25) is 0 Å². The second-order valence-electron chi connectivity index (χ2n) is 6.30. The Labute approximate surface area is 152 Å². The Kier molecular flexibility index (Phi) is 9.86. The predicted molar refractivity (Wildman–Crippen MR) is 103 cm³/mol. The summed E-state index contributed by atoms with van der Waals surface area (Å²) in [6.07, 6.45) is 9.66. The highest BCUT2D eigenvalue weighted by molar-refractivity contribution is 5.34. The lowest BCUT2D eigenvalue weighted by Crippen LogP contribution is -2.07. The Hall–Kier alpha value is -1.87. The molecule has 0 aromatic heterocycles. The van der Waals surface area contributed by atoms with E-state index in [4.69, 9.17) is 9.47 Å². The van der Waals surface area contributed by atoms with E-state index in [1.54, 1.807) is 18.2 Å². The van der Waals surface area contributed by atoms with Gasteiger partial charge in [0.05, 0.1) is 6.61 Å². The zero-order valence-electron chi connectivity index (χ0n) is 15.9. The number of halogens is 1. The molecule has 0 aliphatic carbocycles. The minimum Gasteiger partial charge on any atom is -0.457 e. The Morgan fingerprint density at radius 2 is 2.04 bits per heavy atom. The lowest BCUT2D eigenvalue weighted by atomic mass is 10.0. The van der Waals surface area contributed by atoms with E-state index in [0.717, 1.165) is 12.8 Å². The lowest BCUT2D eigenvalue weighted by molar-refractivity contribution is 0.123. The van der Waals surface area contributed by atoms with Crippen molar-refractivity contribution in [2.75, 3.05) is 13.2 Å². The highest BCUT2D eigenvalue weighted by atomic mass is 19.1. The molecule has 0 aliphatic heterocycles. The second kappa shape index (κ2) is 11.6. The molecule has 0 aliphatic rings. The molecular weight excluding hydrogens is 315 g/mol. The minimum atomic E-state index is -0.235. The number of ether oxygens (including phenoxy) is 2. The van der Waals surface area contributed by atoms with Crippen molar-refractivity contribution < 1.29 is 13.9 Å². The standard InChI is InChI=1S/C22H31FO2/c1-6-14-24-16-18(5)21-15-20(12-13-22(21)23)25-19(8-3)11-9-10-17(4)7-2/h8-13,15,17-18H,3,6-7,14,16H2,1-2,4-5H3/b10-9-,19-11+/t17?,18-/m1/s1. The molecule has 2 nitrogen and oxygen atoms in total. The van der Waals surface area contributed by atoms with E-state index in [1.165, 1.54) is 6.07 Å². The quantitative estimate of drug-likeness (QED) is 0.262. The van der Waals surface area contributed by atoms with Crippen molar-refractivity contribution in [3.8, 4) is 5.75 Å². The maximum atomic E-state index is 14.1. The van der Waals surface area contributed by atoms with Gasteiger partial charge in [-0.2, -0.15) is 0 Å². The van der Waals surface area contributed by atoms with Crippen LogP contribution in [0.1, 0.15) is 52.0 Å². The predicted octanol–water partition coefficient (Wildman–Crippen LogP) is 6.41. The lowest BCUT2D eigenvalue weighted by Gasteiger charge is -2.15. The summed E-state index contributed by atoms with van der Waals surface area (Å²) in [5, 5.41) is 0. The molecule has 0 bridgehead atoms. The summed E-state index contributed by atoms with van der Waals surface area (Å²) < 4.78 is 25.5. The number of rotatable bonds is 11. The molecule has 1 rings (SSSR count). The van der Waals surface area contributed by atoms with Crippen LogP contribution in [0.2, 0.25) is 0 Å². The van der Waals surface area contributed by atoms with Crippen LogP contribution in [0.15, 0.2) is 54.8 Å². The van der Waals surface area contributed by atoms with E-state index in [-0.39, 0.29) is 11.7 Å². The van der Waals surface area contributed by atoms with Crippen LogP contribution in [0.25, 0.3) is 0 Å². The minimum absolute atomic E-state index is 0.0310. The Morgan fingerprint density at radius 1 is 1.28 bits per heavy atom. The van der Waals surface area contributed by atoms with Crippen LogP contribution in [0, 0.1) is 11.7 Å². The monoisotopic (exact) mass is 346 g/mol. The summed E-state index contributed by atoms with van der Waals surface area (Å²) >= 11 is 0. The summed E-state index contributed by atoms with van der Waals surface area (Å²) in [6, 6.07) is 4.82. The SMILES string of the molecule is C=C/C(=C\C=C/C(C)CC)Oc1ccc(F)c([C@H](C)COCCC)c1. The van der Waals surface area contributed by atoms with Gasteiger partial charge in [0.15, 0.2) is 0 Å². The van der Waals surface area contributed by atoms with Gasteiger partial charge in [-0.1, -0.05) is 52.8 Å².